The highest BCUT2D eigenvalue weighted by molar-refractivity contribution is 7.88. The Hall–Kier alpha value is -1.52. The lowest BCUT2D eigenvalue weighted by molar-refractivity contribution is -0.129. The Morgan fingerprint density at radius 2 is 1.93 bits per heavy atom. The summed E-state index contributed by atoms with van der Waals surface area (Å²) in [5, 5.41) is 13.1. The van der Waals surface area contributed by atoms with E-state index in [1.807, 2.05) is 0 Å². The first-order chi connectivity index (χ1) is 14.4. The Balaban J connectivity index is 1.58. The molecular weight excluding hydrogens is 408 g/mol. The van der Waals surface area contributed by atoms with E-state index in [4.69, 9.17) is 9.73 Å². The van der Waals surface area contributed by atoms with Gasteiger partial charge in [0.1, 0.15) is 0 Å². The van der Waals surface area contributed by atoms with E-state index in [2.05, 4.69) is 10.1 Å². The van der Waals surface area contributed by atoms with Crippen LogP contribution < -0.4 is 5.48 Å². The number of nitrogens with one attached hydrogen (secondary N) is 1. The molecule has 0 unspecified atom stereocenters. The zero-order chi connectivity index (χ0) is 21.6. The molecule has 0 radical (unpaired) electrons. The van der Waals surface area contributed by atoms with E-state index in [0.717, 1.165) is 25.2 Å². The Morgan fingerprint density at radius 3 is 2.57 bits per heavy atom. The third-order valence-corrected chi connectivity index (χ3v) is 7.84. The molecule has 10 heteroatoms. The van der Waals surface area contributed by atoms with Gasteiger partial charge in [0, 0.05) is 31.3 Å². The second-order valence-electron chi connectivity index (χ2n) is 8.80. The SMILES string of the molecule is CS(=O)(=O)N1CCC(c2noc([C@H](CCCC3CCCCC3)CC(=O)NO)n2)CC1. The first-order valence-corrected chi connectivity index (χ1v) is 12.9. The van der Waals surface area contributed by atoms with Gasteiger partial charge in [-0.1, -0.05) is 50.1 Å². The molecular formula is C20H34N4O5S. The number of carbonyl (C=O) groups excluding carboxylic acids is 1. The standard InChI is InChI=1S/C20H34N4O5S/c1-30(27,28)24-12-10-16(11-13-24)19-21-20(29-23-19)17(14-18(25)22-26)9-5-8-15-6-3-2-4-7-15/h15-17,26H,2-14H2,1H3,(H,22,25)/t17-/m1/s1. The summed E-state index contributed by atoms with van der Waals surface area (Å²) < 4.78 is 30.4. The van der Waals surface area contributed by atoms with E-state index in [9.17, 15) is 13.2 Å². The molecule has 0 spiro atoms. The molecule has 1 saturated heterocycles. The Morgan fingerprint density at radius 1 is 1.23 bits per heavy atom. The molecule has 1 aliphatic heterocycles. The van der Waals surface area contributed by atoms with Crippen molar-refractivity contribution in [3.05, 3.63) is 11.7 Å². The first kappa shape index (κ1) is 23.1. The number of rotatable bonds is 9. The van der Waals surface area contributed by atoms with Gasteiger partial charge < -0.3 is 4.52 Å². The lowest BCUT2D eigenvalue weighted by Gasteiger charge is -2.28. The van der Waals surface area contributed by atoms with Crippen LogP contribution in [0.25, 0.3) is 0 Å². The van der Waals surface area contributed by atoms with Gasteiger partial charge in [-0.3, -0.25) is 10.0 Å². The maximum atomic E-state index is 11.8. The van der Waals surface area contributed by atoms with Crippen LogP contribution in [0.3, 0.4) is 0 Å². The van der Waals surface area contributed by atoms with Gasteiger partial charge in [0.2, 0.25) is 21.8 Å². The van der Waals surface area contributed by atoms with E-state index in [-0.39, 0.29) is 18.3 Å². The van der Waals surface area contributed by atoms with Gasteiger partial charge in [-0.2, -0.15) is 4.98 Å². The monoisotopic (exact) mass is 442 g/mol. The van der Waals surface area contributed by atoms with Crippen LogP contribution in [0.5, 0.6) is 0 Å². The van der Waals surface area contributed by atoms with Crippen molar-refractivity contribution in [1.29, 1.82) is 0 Å². The van der Waals surface area contributed by atoms with Gasteiger partial charge in [-0.15, -0.1) is 0 Å². The molecule has 0 bridgehead atoms. The zero-order valence-electron chi connectivity index (χ0n) is 17.8. The summed E-state index contributed by atoms with van der Waals surface area (Å²) in [5.74, 6) is 1.15. The third kappa shape index (κ3) is 6.49. The summed E-state index contributed by atoms with van der Waals surface area (Å²) >= 11 is 0. The summed E-state index contributed by atoms with van der Waals surface area (Å²) in [6.07, 6.45) is 12.1. The van der Waals surface area contributed by atoms with Crippen molar-refractivity contribution in [1.82, 2.24) is 19.9 Å². The second-order valence-corrected chi connectivity index (χ2v) is 10.8. The normalized spacial score (nSPS) is 20.9. The molecule has 0 aromatic carbocycles. The number of hydroxylamine groups is 1. The molecule has 1 saturated carbocycles. The summed E-state index contributed by atoms with van der Waals surface area (Å²) in [6.45, 7) is 0.899. The fourth-order valence-corrected chi connectivity index (χ4v) is 5.61. The molecule has 2 N–H and O–H groups in total. The summed E-state index contributed by atoms with van der Waals surface area (Å²) in [7, 11) is -3.17. The number of hydrogen-bond donors (Lipinski definition) is 2. The highest BCUT2D eigenvalue weighted by Crippen LogP contribution is 2.32. The van der Waals surface area contributed by atoms with Crippen LogP contribution in [-0.2, 0) is 14.8 Å². The molecule has 1 atom stereocenters. The molecule has 30 heavy (non-hydrogen) atoms. The van der Waals surface area contributed by atoms with E-state index in [0.29, 0.717) is 37.6 Å². The van der Waals surface area contributed by atoms with Crippen LogP contribution in [0, 0.1) is 5.92 Å². The first-order valence-electron chi connectivity index (χ1n) is 11.1. The van der Waals surface area contributed by atoms with Gasteiger partial charge in [0.05, 0.1) is 6.26 Å². The highest BCUT2D eigenvalue weighted by Gasteiger charge is 2.30. The van der Waals surface area contributed by atoms with Gasteiger partial charge in [0.15, 0.2) is 5.82 Å². The van der Waals surface area contributed by atoms with Crippen molar-refractivity contribution < 1.29 is 22.9 Å². The largest absolute Gasteiger partial charge is 0.339 e. The van der Waals surface area contributed by atoms with Crippen LogP contribution in [0.2, 0.25) is 0 Å². The van der Waals surface area contributed by atoms with E-state index >= 15 is 0 Å². The maximum absolute atomic E-state index is 11.8. The number of nitrogens with zero attached hydrogens (tertiary/aromatic N) is 3. The van der Waals surface area contributed by atoms with Gasteiger partial charge in [0.25, 0.3) is 0 Å². The van der Waals surface area contributed by atoms with Crippen LogP contribution in [-0.4, -0.2) is 53.3 Å². The van der Waals surface area contributed by atoms with Crippen LogP contribution in [0.4, 0.5) is 0 Å². The van der Waals surface area contributed by atoms with E-state index in [1.54, 1.807) is 5.48 Å². The lowest BCUT2D eigenvalue weighted by atomic mass is 9.84. The molecule has 170 valence electrons. The fourth-order valence-electron chi connectivity index (χ4n) is 4.74. The van der Waals surface area contributed by atoms with Crippen molar-refractivity contribution in [2.24, 2.45) is 5.92 Å². The summed E-state index contributed by atoms with van der Waals surface area (Å²) in [6, 6.07) is 0. The van der Waals surface area contributed by atoms with E-state index in [1.165, 1.54) is 42.7 Å². The van der Waals surface area contributed by atoms with Crippen molar-refractivity contribution in [3.63, 3.8) is 0 Å². The molecule has 1 aromatic rings. The minimum atomic E-state index is -3.17. The van der Waals surface area contributed by atoms with E-state index < -0.39 is 15.9 Å². The molecule has 3 rings (SSSR count). The number of hydrogen-bond acceptors (Lipinski definition) is 7. The molecule has 2 heterocycles. The number of carbonyl (C=O) groups is 1. The molecule has 9 nitrogen and oxygen atoms in total. The second kappa shape index (κ2) is 10.7. The van der Waals surface area contributed by atoms with Crippen molar-refractivity contribution in [2.45, 2.75) is 82.5 Å². The minimum Gasteiger partial charge on any atom is -0.339 e. The van der Waals surface area contributed by atoms with Crippen molar-refractivity contribution in [2.75, 3.05) is 19.3 Å². The molecule has 2 fully saturated rings. The molecule has 2 aliphatic rings. The summed E-state index contributed by atoms with van der Waals surface area (Å²) in [5.41, 5.74) is 1.70. The smallest absolute Gasteiger partial charge is 0.244 e. The Kier molecular flexibility index (Phi) is 8.24. The zero-order valence-corrected chi connectivity index (χ0v) is 18.6. The maximum Gasteiger partial charge on any atom is 0.244 e. The van der Waals surface area contributed by atoms with Crippen LogP contribution >= 0.6 is 0 Å². The predicted octanol–water partition coefficient (Wildman–Crippen LogP) is 2.94. The third-order valence-electron chi connectivity index (χ3n) is 6.54. The number of piperidine rings is 1. The fraction of sp³-hybridized carbons (Fsp3) is 0.850. The van der Waals surface area contributed by atoms with Crippen molar-refractivity contribution >= 4 is 15.9 Å². The van der Waals surface area contributed by atoms with Gasteiger partial charge >= 0.3 is 0 Å². The summed E-state index contributed by atoms with van der Waals surface area (Å²) in [4.78, 5) is 16.4. The quantitative estimate of drug-likeness (QED) is 0.445. The number of sulfonamides is 1. The highest BCUT2D eigenvalue weighted by atomic mass is 32.2. The topological polar surface area (TPSA) is 126 Å². The molecule has 1 amide bonds. The van der Waals surface area contributed by atoms with Crippen LogP contribution in [0.1, 0.15) is 94.2 Å². The average molecular weight is 443 g/mol. The average Bonchev–Trinajstić information content (AvgIpc) is 3.23. The molecule has 1 aliphatic carbocycles. The Labute approximate surface area is 178 Å². The van der Waals surface area contributed by atoms with Gasteiger partial charge in [-0.05, 0) is 25.2 Å². The van der Waals surface area contributed by atoms with Gasteiger partial charge in [-0.25, -0.2) is 18.2 Å². The Bertz CT molecular complexity index is 783. The minimum absolute atomic E-state index is 0.0510. The van der Waals surface area contributed by atoms with Crippen LogP contribution in [0.15, 0.2) is 4.52 Å². The van der Waals surface area contributed by atoms with Crippen molar-refractivity contribution in [3.8, 4) is 0 Å². The number of aromatic nitrogens is 2. The number of amides is 1. The lowest BCUT2D eigenvalue weighted by Crippen LogP contribution is -2.37. The molecule has 1 aromatic heterocycles. The predicted molar refractivity (Wildman–Crippen MR) is 110 cm³/mol.